The summed E-state index contributed by atoms with van der Waals surface area (Å²) < 4.78 is 0. The number of hydrogen-bond acceptors (Lipinski definition) is 2. The third-order valence-corrected chi connectivity index (χ3v) is 3.69. The van der Waals surface area contributed by atoms with Gasteiger partial charge in [0, 0.05) is 19.3 Å². The lowest BCUT2D eigenvalue weighted by Crippen LogP contribution is -2.41. The monoisotopic (exact) mass is 246 g/mol. The summed E-state index contributed by atoms with van der Waals surface area (Å²) >= 11 is 0. The van der Waals surface area contributed by atoms with Gasteiger partial charge in [0.15, 0.2) is 0 Å². The molecule has 1 aliphatic heterocycles. The summed E-state index contributed by atoms with van der Waals surface area (Å²) in [6, 6.07) is 6.22. The molecule has 1 saturated heterocycles. The maximum Gasteiger partial charge on any atom is 0.231 e. The van der Waals surface area contributed by atoms with E-state index in [2.05, 4.69) is 31.3 Å². The van der Waals surface area contributed by atoms with Crippen LogP contribution in [0.3, 0.4) is 0 Å². The van der Waals surface area contributed by atoms with Crippen molar-refractivity contribution in [3.8, 4) is 0 Å². The fourth-order valence-corrected chi connectivity index (χ4v) is 2.64. The lowest BCUT2D eigenvalue weighted by molar-refractivity contribution is -0.122. The molecule has 3 nitrogen and oxygen atoms in total. The van der Waals surface area contributed by atoms with Crippen LogP contribution in [0.2, 0.25) is 0 Å². The van der Waals surface area contributed by atoms with Crippen LogP contribution in [0.5, 0.6) is 0 Å². The highest BCUT2D eigenvalue weighted by molar-refractivity contribution is 5.95. The van der Waals surface area contributed by atoms with E-state index in [9.17, 15) is 4.79 Å². The molecule has 0 aromatic heterocycles. The van der Waals surface area contributed by atoms with Crippen molar-refractivity contribution >= 4 is 11.6 Å². The molecule has 1 atom stereocenters. The minimum atomic E-state index is 0.129. The number of hydrogen-bond donors (Lipinski definition) is 1. The summed E-state index contributed by atoms with van der Waals surface area (Å²) in [6.45, 7) is 5.99. The maximum atomic E-state index is 12.4. The van der Waals surface area contributed by atoms with E-state index in [0.29, 0.717) is 0 Å². The van der Waals surface area contributed by atoms with Gasteiger partial charge in [-0.1, -0.05) is 17.7 Å². The second kappa shape index (κ2) is 5.53. The fraction of sp³-hybridized carbons (Fsp3) is 0.533. The standard InChI is InChI=1S/C15H22N2O/c1-11-6-7-14(12(2)9-11)17(3)15(18)13-5-4-8-16-10-13/h6-7,9,13,16H,4-5,8,10H2,1-3H3. The fourth-order valence-electron chi connectivity index (χ4n) is 2.64. The Morgan fingerprint density at radius 1 is 1.39 bits per heavy atom. The van der Waals surface area contributed by atoms with Gasteiger partial charge in [-0.3, -0.25) is 4.79 Å². The van der Waals surface area contributed by atoms with Crippen molar-refractivity contribution in [3.63, 3.8) is 0 Å². The van der Waals surface area contributed by atoms with Crippen LogP contribution in [0.1, 0.15) is 24.0 Å². The molecule has 1 N–H and O–H groups in total. The summed E-state index contributed by atoms with van der Waals surface area (Å²) in [5, 5.41) is 3.30. The topological polar surface area (TPSA) is 32.3 Å². The first-order chi connectivity index (χ1) is 8.59. The highest BCUT2D eigenvalue weighted by Crippen LogP contribution is 2.23. The Balaban J connectivity index is 2.14. The van der Waals surface area contributed by atoms with Crippen LogP contribution in [-0.4, -0.2) is 26.0 Å². The molecule has 1 amide bonds. The number of carbonyl (C=O) groups is 1. The van der Waals surface area contributed by atoms with Crippen LogP contribution >= 0.6 is 0 Å². The summed E-state index contributed by atoms with van der Waals surface area (Å²) in [5.74, 6) is 0.360. The zero-order valence-electron chi connectivity index (χ0n) is 11.5. The number of anilines is 1. The normalized spacial score (nSPS) is 19.6. The van der Waals surface area contributed by atoms with Gasteiger partial charge in [-0.25, -0.2) is 0 Å². The molecule has 0 aliphatic carbocycles. The smallest absolute Gasteiger partial charge is 0.231 e. The molecular weight excluding hydrogens is 224 g/mol. The van der Waals surface area contributed by atoms with E-state index in [0.717, 1.165) is 37.2 Å². The van der Waals surface area contributed by atoms with Crippen molar-refractivity contribution in [3.05, 3.63) is 29.3 Å². The van der Waals surface area contributed by atoms with E-state index in [4.69, 9.17) is 0 Å². The molecule has 0 radical (unpaired) electrons. The molecule has 1 aliphatic rings. The van der Waals surface area contributed by atoms with Crippen molar-refractivity contribution in [1.29, 1.82) is 0 Å². The molecule has 1 unspecified atom stereocenters. The predicted molar refractivity (Wildman–Crippen MR) is 74.9 cm³/mol. The molecule has 1 fully saturated rings. The number of carbonyl (C=O) groups excluding carboxylic acids is 1. The Bertz CT molecular complexity index is 436. The summed E-state index contributed by atoms with van der Waals surface area (Å²) in [5.41, 5.74) is 3.42. The largest absolute Gasteiger partial charge is 0.316 e. The number of aryl methyl sites for hydroxylation is 2. The van der Waals surface area contributed by atoms with Crippen molar-refractivity contribution < 1.29 is 4.79 Å². The molecule has 3 heteroatoms. The van der Waals surface area contributed by atoms with Gasteiger partial charge >= 0.3 is 0 Å². The number of piperidine rings is 1. The van der Waals surface area contributed by atoms with Crippen LogP contribution in [0.15, 0.2) is 18.2 Å². The van der Waals surface area contributed by atoms with Gasteiger partial charge in [0.2, 0.25) is 5.91 Å². The molecule has 0 bridgehead atoms. The first-order valence-corrected chi connectivity index (χ1v) is 6.65. The van der Waals surface area contributed by atoms with Gasteiger partial charge in [0.05, 0.1) is 5.92 Å². The van der Waals surface area contributed by atoms with Crippen LogP contribution in [0.25, 0.3) is 0 Å². The molecule has 1 heterocycles. The Kier molecular flexibility index (Phi) is 4.02. The van der Waals surface area contributed by atoms with E-state index < -0.39 is 0 Å². The second-order valence-corrected chi connectivity index (χ2v) is 5.23. The molecule has 0 spiro atoms. The lowest BCUT2D eigenvalue weighted by Gasteiger charge is -2.28. The molecule has 98 valence electrons. The average molecular weight is 246 g/mol. The quantitative estimate of drug-likeness (QED) is 0.868. The minimum Gasteiger partial charge on any atom is -0.316 e. The Labute approximate surface area is 109 Å². The SMILES string of the molecule is Cc1ccc(N(C)C(=O)C2CCCNC2)c(C)c1. The Morgan fingerprint density at radius 3 is 2.78 bits per heavy atom. The molecule has 2 rings (SSSR count). The van der Waals surface area contributed by atoms with Crippen molar-refractivity contribution in [2.75, 3.05) is 25.0 Å². The first kappa shape index (κ1) is 13.1. The molecular formula is C15H22N2O. The number of nitrogens with zero attached hydrogens (tertiary/aromatic N) is 1. The third kappa shape index (κ3) is 2.72. The summed E-state index contributed by atoms with van der Waals surface area (Å²) in [7, 11) is 1.88. The minimum absolute atomic E-state index is 0.129. The van der Waals surface area contributed by atoms with E-state index in [1.165, 1.54) is 5.56 Å². The first-order valence-electron chi connectivity index (χ1n) is 6.65. The van der Waals surface area contributed by atoms with Crippen LogP contribution in [0.4, 0.5) is 5.69 Å². The van der Waals surface area contributed by atoms with Gasteiger partial charge in [-0.15, -0.1) is 0 Å². The molecule has 1 aromatic carbocycles. The zero-order chi connectivity index (χ0) is 13.1. The second-order valence-electron chi connectivity index (χ2n) is 5.23. The summed E-state index contributed by atoms with van der Waals surface area (Å²) in [6.07, 6.45) is 2.10. The molecule has 1 aromatic rings. The Hall–Kier alpha value is -1.35. The zero-order valence-corrected chi connectivity index (χ0v) is 11.5. The van der Waals surface area contributed by atoms with Crippen molar-refractivity contribution in [2.45, 2.75) is 26.7 Å². The van der Waals surface area contributed by atoms with E-state index >= 15 is 0 Å². The lowest BCUT2D eigenvalue weighted by atomic mass is 9.97. The molecule has 0 saturated carbocycles. The van der Waals surface area contributed by atoms with Gasteiger partial charge in [0.1, 0.15) is 0 Å². The van der Waals surface area contributed by atoms with Gasteiger partial charge < -0.3 is 10.2 Å². The average Bonchev–Trinajstić information content (AvgIpc) is 2.38. The van der Waals surface area contributed by atoms with Gasteiger partial charge in [-0.05, 0) is 44.9 Å². The van der Waals surface area contributed by atoms with Gasteiger partial charge in [-0.2, -0.15) is 0 Å². The van der Waals surface area contributed by atoms with E-state index in [1.54, 1.807) is 0 Å². The van der Waals surface area contributed by atoms with Gasteiger partial charge in [0.25, 0.3) is 0 Å². The van der Waals surface area contributed by atoms with E-state index in [1.807, 2.05) is 18.0 Å². The van der Waals surface area contributed by atoms with Crippen molar-refractivity contribution in [1.82, 2.24) is 5.32 Å². The number of benzene rings is 1. The number of rotatable bonds is 2. The van der Waals surface area contributed by atoms with Crippen LogP contribution in [0, 0.1) is 19.8 Å². The van der Waals surface area contributed by atoms with Crippen LogP contribution in [-0.2, 0) is 4.79 Å². The number of amides is 1. The molecule has 18 heavy (non-hydrogen) atoms. The Morgan fingerprint density at radius 2 is 2.17 bits per heavy atom. The van der Waals surface area contributed by atoms with Crippen LogP contribution < -0.4 is 10.2 Å². The highest BCUT2D eigenvalue weighted by atomic mass is 16.2. The predicted octanol–water partition coefficient (Wildman–Crippen LogP) is 2.27. The van der Waals surface area contributed by atoms with Crippen molar-refractivity contribution in [2.24, 2.45) is 5.92 Å². The maximum absolute atomic E-state index is 12.4. The summed E-state index contributed by atoms with van der Waals surface area (Å²) in [4.78, 5) is 14.2. The number of nitrogens with one attached hydrogen (secondary N) is 1. The third-order valence-electron chi connectivity index (χ3n) is 3.69. The highest BCUT2D eigenvalue weighted by Gasteiger charge is 2.25. The van der Waals surface area contributed by atoms with E-state index in [-0.39, 0.29) is 11.8 Å².